The van der Waals surface area contributed by atoms with Crippen LogP contribution in [0.1, 0.15) is 31.7 Å². The fraction of sp³-hybridized carbons (Fsp3) is 0.467. The first-order valence-corrected chi connectivity index (χ1v) is 6.53. The summed E-state index contributed by atoms with van der Waals surface area (Å²) in [5.41, 5.74) is 2.79. The van der Waals surface area contributed by atoms with Gasteiger partial charge in [0.25, 0.3) is 0 Å². The van der Waals surface area contributed by atoms with Gasteiger partial charge in [-0.3, -0.25) is 0 Å². The summed E-state index contributed by atoms with van der Waals surface area (Å²) in [7, 11) is 0. The minimum atomic E-state index is 0.798. The lowest BCUT2D eigenvalue weighted by Crippen LogP contribution is -2.13. The molecule has 92 valence electrons. The van der Waals surface area contributed by atoms with E-state index in [1.807, 2.05) is 0 Å². The van der Waals surface area contributed by atoms with Crippen LogP contribution in [0.2, 0.25) is 0 Å². The van der Waals surface area contributed by atoms with Gasteiger partial charge in [-0.2, -0.15) is 0 Å². The van der Waals surface area contributed by atoms with Crippen molar-refractivity contribution >= 4 is 5.57 Å². The van der Waals surface area contributed by atoms with Gasteiger partial charge in [0.05, 0.1) is 6.61 Å². The molecule has 0 aromatic heterocycles. The zero-order valence-electron chi connectivity index (χ0n) is 10.5. The van der Waals surface area contributed by atoms with Crippen LogP contribution in [0.4, 0.5) is 0 Å². The van der Waals surface area contributed by atoms with Crippen molar-refractivity contribution in [2.75, 3.05) is 19.7 Å². The van der Waals surface area contributed by atoms with Crippen LogP contribution in [0, 0.1) is 0 Å². The van der Waals surface area contributed by atoms with Gasteiger partial charge < -0.3 is 10.1 Å². The Morgan fingerprint density at radius 1 is 1.18 bits per heavy atom. The first-order chi connectivity index (χ1) is 8.40. The summed E-state index contributed by atoms with van der Waals surface area (Å²) in [6, 6.07) is 8.48. The number of rotatable bonds is 4. The molecule has 17 heavy (non-hydrogen) atoms. The van der Waals surface area contributed by atoms with Crippen molar-refractivity contribution in [2.45, 2.75) is 26.2 Å². The van der Waals surface area contributed by atoms with Crippen LogP contribution in [-0.2, 0) is 0 Å². The molecular weight excluding hydrogens is 210 g/mol. The fourth-order valence-electron chi connectivity index (χ4n) is 2.05. The van der Waals surface area contributed by atoms with Gasteiger partial charge in [-0.15, -0.1) is 0 Å². The van der Waals surface area contributed by atoms with Crippen LogP contribution in [0.25, 0.3) is 5.57 Å². The summed E-state index contributed by atoms with van der Waals surface area (Å²) in [6.45, 7) is 5.10. The Balaban J connectivity index is 2.03. The largest absolute Gasteiger partial charge is 0.494 e. The standard InChI is InChI=1S/C15H21NO/c1-2-12-17-15-7-5-14(6-8-15)13-4-3-10-16-11-9-13/h4-8,16H,2-3,9-12H2,1H3. The van der Waals surface area contributed by atoms with Gasteiger partial charge >= 0.3 is 0 Å². The normalized spacial score (nSPS) is 16.2. The molecule has 2 rings (SSSR count). The van der Waals surface area contributed by atoms with E-state index in [-0.39, 0.29) is 0 Å². The number of nitrogens with one attached hydrogen (secondary N) is 1. The highest BCUT2D eigenvalue weighted by atomic mass is 16.5. The maximum atomic E-state index is 5.59. The van der Waals surface area contributed by atoms with Gasteiger partial charge in [-0.25, -0.2) is 0 Å². The highest BCUT2D eigenvalue weighted by Gasteiger charge is 2.04. The second-order valence-electron chi connectivity index (χ2n) is 4.39. The summed E-state index contributed by atoms with van der Waals surface area (Å²) >= 11 is 0. The molecule has 0 atom stereocenters. The number of benzene rings is 1. The van der Waals surface area contributed by atoms with E-state index in [1.165, 1.54) is 11.1 Å². The molecule has 1 aromatic rings. The summed E-state index contributed by atoms with van der Waals surface area (Å²) in [6.07, 6.45) is 5.65. The molecule has 1 aromatic carbocycles. The van der Waals surface area contributed by atoms with Crippen LogP contribution in [0.15, 0.2) is 30.3 Å². The maximum absolute atomic E-state index is 5.59. The summed E-state index contributed by atoms with van der Waals surface area (Å²) in [5.74, 6) is 0.975. The van der Waals surface area contributed by atoms with Crippen molar-refractivity contribution in [2.24, 2.45) is 0 Å². The maximum Gasteiger partial charge on any atom is 0.119 e. The van der Waals surface area contributed by atoms with Crippen LogP contribution < -0.4 is 10.1 Å². The topological polar surface area (TPSA) is 21.3 Å². The van der Waals surface area contributed by atoms with E-state index in [0.29, 0.717) is 0 Å². The average molecular weight is 231 g/mol. The van der Waals surface area contributed by atoms with E-state index in [0.717, 1.165) is 44.7 Å². The van der Waals surface area contributed by atoms with Gasteiger partial charge in [0.15, 0.2) is 0 Å². The second-order valence-corrected chi connectivity index (χ2v) is 4.39. The van der Waals surface area contributed by atoms with E-state index >= 15 is 0 Å². The molecule has 0 radical (unpaired) electrons. The molecular formula is C15H21NO. The number of hydrogen-bond donors (Lipinski definition) is 1. The van der Waals surface area contributed by atoms with Gasteiger partial charge in [0.2, 0.25) is 0 Å². The first kappa shape index (κ1) is 12.2. The predicted octanol–water partition coefficient (Wildman–Crippen LogP) is 3.24. The zero-order chi connectivity index (χ0) is 11.9. The van der Waals surface area contributed by atoms with E-state index in [4.69, 9.17) is 4.74 Å². The summed E-state index contributed by atoms with van der Waals surface area (Å²) in [4.78, 5) is 0. The summed E-state index contributed by atoms with van der Waals surface area (Å²) < 4.78 is 5.59. The molecule has 0 saturated carbocycles. The Morgan fingerprint density at radius 3 is 2.76 bits per heavy atom. The molecule has 0 spiro atoms. The quantitative estimate of drug-likeness (QED) is 0.859. The van der Waals surface area contributed by atoms with E-state index in [9.17, 15) is 0 Å². The van der Waals surface area contributed by atoms with Crippen molar-refractivity contribution in [1.82, 2.24) is 5.32 Å². The molecule has 1 N–H and O–H groups in total. The molecule has 2 nitrogen and oxygen atoms in total. The van der Waals surface area contributed by atoms with E-state index < -0.39 is 0 Å². The first-order valence-electron chi connectivity index (χ1n) is 6.53. The van der Waals surface area contributed by atoms with Crippen LogP contribution in [0.3, 0.4) is 0 Å². The third kappa shape index (κ3) is 3.60. The molecule has 1 heterocycles. The molecule has 1 aliphatic rings. The van der Waals surface area contributed by atoms with Crippen molar-refractivity contribution < 1.29 is 4.74 Å². The smallest absolute Gasteiger partial charge is 0.119 e. The van der Waals surface area contributed by atoms with Crippen molar-refractivity contribution in [3.63, 3.8) is 0 Å². The Labute approximate surface area is 104 Å². The highest BCUT2D eigenvalue weighted by Crippen LogP contribution is 2.22. The minimum Gasteiger partial charge on any atom is -0.494 e. The molecule has 0 unspecified atom stereocenters. The Morgan fingerprint density at radius 2 is 2.00 bits per heavy atom. The minimum absolute atomic E-state index is 0.798. The average Bonchev–Trinajstić information content (AvgIpc) is 2.66. The van der Waals surface area contributed by atoms with Crippen molar-refractivity contribution in [3.05, 3.63) is 35.9 Å². The molecule has 0 fully saturated rings. The Hall–Kier alpha value is -1.28. The lowest BCUT2D eigenvalue weighted by molar-refractivity contribution is 0.317. The molecule has 0 amide bonds. The molecule has 1 aliphatic heterocycles. The third-order valence-corrected chi connectivity index (χ3v) is 2.98. The van der Waals surface area contributed by atoms with Gasteiger partial charge in [0.1, 0.15) is 5.75 Å². The van der Waals surface area contributed by atoms with Gasteiger partial charge in [0, 0.05) is 0 Å². The summed E-state index contributed by atoms with van der Waals surface area (Å²) in [5, 5.41) is 3.41. The van der Waals surface area contributed by atoms with Gasteiger partial charge in [-0.1, -0.05) is 25.1 Å². The molecule has 0 saturated heterocycles. The van der Waals surface area contributed by atoms with E-state index in [1.54, 1.807) is 0 Å². The van der Waals surface area contributed by atoms with Crippen LogP contribution >= 0.6 is 0 Å². The van der Waals surface area contributed by atoms with E-state index in [2.05, 4.69) is 42.6 Å². The molecule has 0 bridgehead atoms. The Bertz CT molecular complexity index is 367. The third-order valence-electron chi connectivity index (χ3n) is 2.98. The monoisotopic (exact) mass is 231 g/mol. The second kappa shape index (κ2) is 6.45. The molecule has 2 heteroatoms. The van der Waals surface area contributed by atoms with Crippen LogP contribution in [-0.4, -0.2) is 19.7 Å². The van der Waals surface area contributed by atoms with Crippen LogP contribution in [0.5, 0.6) is 5.75 Å². The zero-order valence-corrected chi connectivity index (χ0v) is 10.5. The van der Waals surface area contributed by atoms with Gasteiger partial charge in [-0.05, 0) is 55.6 Å². The number of hydrogen-bond acceptors (Lipinski definition) is 2. The van der Waals surface area contributed by atoms with Crippen molar-refractivity contribution in [3.8, 4) is 5.75 Å². The fourth-order valence-corrected chi connectivity index (χ4v) is 2.05. The Kier molecular flexibility index (Phi) is 4.63. The predicted molar refractivity (Wildman–Crippen MR) is 72.3 cm³/mol. The lowest BCUT2D eigenvalue weighted by atomic mass is 10.0. The number of ether oxygens (including phenoxy) is 1. The SMILES string of the molecule is CCCOc1ccc(C2=CCCNCC2)cc1. The lowest BCUT2D eigenvalue weighted by Gasteiger charge is -2.08. The highest BCUT2D eigenvalue weighted by molar-refractivity contribution is 5.66. The molecule has 0 aliphatic carbocycles. The van der Waals surface area contributed by atoms with Crippen molar-refractivity contribution in [1.29, 1.82) is 0 Å².